The van der Waals surface area contributed by atoms with Crippen molar-refractivity contribution in [3.8, 4) is 5.75 Å². The van der Waals surface area contributed by atoms with Gasteiger partial charge >= 0.3 is 4.87 Å². The number of amides is 1. The number of fused-ring (bicyclic) bond motifs is 1. The first-order valence-corrected chi connectivity index (χ1v) is 14.4. The van der Waals surface area contributed by atoms with Gasteiger partial charge in [-0.15, -0.1) is 0 Å². The van der Waals surface area contributed by atoms with E-state index in [1.165, 1.54) is 24.8 Å². The standard InChI is InChI=1S/C29H40N4O3S/c1-21(22-8-4-2-5-9-22)20-31-17-15-26(35)33(24-10-6-3-7-11-24)19-18-30-16-14-23-12-13-25(34)27-28(23)37-29(36)32-27/h2,4-5,8-9,12-13,21,24,30-31,34H,3,6-7,10-11,14-20H2,1H3,(H,32,36)/t21-/m0/s1. The molecule has 1 fully saturated rings. The highest BCUT2D eigenvalue weighted by atomic mass is 32.1. The van der Waals surface area contributed by atoms with Crippen molar-refractivity contribution in [1.29, 1.82) is 0 Å². The van der Waals surface area contributed by atoms with Crippen molar-refractivity contribution < 1.29 is 9.90 Å². The zero-order chi connectivity index (χ0) is 26.0. The fourth-order valence-electron chi connectivity index (χ4n) is 5.28. The minimum Gasteiger partial charge on any atom is -0.506 e. The number of hydrogen-bond acceptors (Lipinski definition) is 6. The highest BCUT2D eigenvalue weighted by Crippen LogP contribution is 2.28. The summed E-state index contributed by atoms with van der Waals surface area (Å²) in [6.07, 6.45) is 7.14. The minimum atomic E-state index is -0.156. The predicted octanol–water partition coefficient (Wildman–Crippen LogP) is 4.37. The quantitative estimate of drug-likeness (QED) is 0.249. The van der Waals surface area contributed by atoms with E-state index in [4.69, 9.17) is 0 Å². The number of H-pyrrole nitrogens is 1. The van der Waals surface area contributed by atoms with Crippen molar-refractivity contribution in [2.45, 2.75) is 63.8 Å². The van der Waals surface area contributed by atoms with E-state index in [1.54, 1.807) is 6.07 Å². The van der Waals surface area contributed by atoms with Gasteiger partial charge in [-0.25, -0.2) is 0 Å². The summed E-state index contributed by atoms with van der Waals surface area (Å²) < 4.78 is 0.819. The molecule has 4 rings (SSSR count). The van der Waals surface area contributed by atoms with E-state index < -0.39 is 0 Å². The van der Waals surface area contributed by atoms with Crippen LogP contribution in [0.25, 0.3) is 10.2 Å². The highest BCUT2D eigenvalue weighted by Gasteiger charge is 2.24. The van der Waals surface area contributed by atoms with Gasteiger partial charge in [0.25, 0.3) is 0 Å². The topological polar surface area (TPSA) is 97.5 Å². The number of phenols is 1. The first kappa shape index (κ1) is 27.4. The van der Waals surface area contributed by atoms with Crippen LogP contribution in [0.5, 0.6) is 5.75 Å². The van der Waals surface area contributed by atoms with Gasteiger partial charge in [0.1, 0.15) is 11.3 Å². The Kier molecular flexibility index (Phi) is 10.2. The summed E-state index contributed by atoms with van der Waals surface area (Å²) in [5, 5.41) is 17.0. The maximum atomic E-state index is 13.2. The Morgan fingerprint density at radius 1 is 1.08 bits per heavy atom. The summed E-state index contributed by atoms with van der Waals surface area (Å²) in [4.78, 5) is 29.6. The molecule has 2 aromatic carbocycles. The molecule has 1 aromatic heterocycles. The van der Waals surface area contributed by atoms with Gasteiger partial charge in [-0.05, 0) is 48.9 Å². The van der Waals surface area contributed by atoms with E-state index in [1.807, 2.05) is 12.1 Å². The van der Waals surface area contributed by atoms with Crippen LogP contribution in [0.2, 0.25) is 0 Å². The third-order valence-electron chi connectivity index (χ3n) is 7.41. The Morgan fingerprint density at radius 3 is 2.65 bits per heavy atom. The molecule has 1 atom stereocenters. The molecule has 0 unspecified atom stereocenters. The van der Waals surface area contributed by atoms with Gasteiger partial charge in [-0.2, -0.15) is 0 Å². The first-order valence-electron chi connectivity index (χ1n) is 13.6. The summed E-state index contributed by atoms with van der Waals surface area (Å²) in [6.45, 7) is 5.98. The lowest BCUT2D eigenvalue weighted by molar-refractivity contribution is -0.134. The number of hydrogen-bond donors (Lipinski definition) is 4. The van der Waals surface area contributed by atoms with Gasteiger partial charge in [-0.3, -0.25) is 9.59 Å². The second-order valence-corrected chi connectivity index (χ2v) is 11.1. The number of rotatable bonds is 13. The predicted molar refractivity (Wildman–Crippen MR) is 152 cm³/mol. The van der Waals surface area contributed by atoms with Crippen molar-refractivity contribution in [2.75, 3.05) is 32.7 Å². The lowest BCUT2D eigenvalue weighted by Crippen LogP contribution is -2.45. The molecule has 1 heterocycles. The zero-order valence-electron chi connectivity index (χ0n) is 21.8. The van der Waals surface area contributed by atoms with Gasteiger partial charge in [0, 0.05) is 38.6 Å². The van der Waals surface area contributed by atoms with E-state index in [-0.39, 0.29) is 16.5 Å². The molecule has 1 saturated carbocycles. The Hall–Kier alpha value is -2.68. The Balaban J connectivity index is 1.23. The van der Waals surface area contributed by atoms with E-state index in [9.17, 15) is 14.7 Å². The fraction of sp³-hybridized carbons (Fsp3) is 0.517. The summed E-state index contributed by atoms with van der Waals surface area (Å²) >= 11 is 1.14. The van der Waals surface area contributed by atoms with Crippen LogP contribution in [-0.4, -0.2) is 59.7 Å². The second kappa shape index (κ2) is 13.7. The summed E-state index contributed by atoms with van der Waals surface area (Å²) in [5.41, 5.74) is 2.88. The third kappa shape index (κ3) is 7.66. The molecular weight excluding hydrogens is 484 g/mol. The summed E-state index contributed by atoms with van der Waals surface area (Å²) in [5.74, 6) is 0.763. The molecule has 7 nitrogen and oxygen atoms in total. The summed E-state index contributed by atoms with van der Waals surface area (Å²) in [6, 6.07) is 14.3. The molecule has 37 heavy (non-hydrogen) atoms. The largest absolute Gasteiger partial charge is 0.506 e. The minimum absolute atomic E-state index is 0.107. The number of carbonyl (C=O) groups excluding carboxylic acids is 1. The van der Waals surface area contributed by atoms with Crippen LogP contribution < -0.4 is 15.5 Å². The second-order valence-electron chi connectivity index (χ2n) is 10.1. The van der Waals surface area contributed by atoms with Gasteiger partial charge in [0.15, 0.2) is 0 Å². The molecule has 0 bridgehead atoms. The molecule has 1 aliphatic rings. The lowest BCUT2D eigenvalue weighted by atomic mass is 9.94. The average molecular weight is 525 g/mol. The Morgan fingerprint density at radius 2 is 1.86 bits per heavy atom. The SMILES string of the molecule is C[C@@H](CNCCC(=O)N(CCNCCc1ccc(O)c2[nH]c(=O)sc12)C1CCCCC1)c1ccccc1. The monoisotopic (exact) mass is 524 g/mol. The van der Waals surface area contributed by atoms with Crippen LogP contribution in [0.4, 0.5) is 0 Å². The Bertz CT molecular complexity index is 1190. The van der Waals surface area contributed by atoms with Crippen molar-refractivity contribution in [2.24, 2.45) is 0 Å². The van der Waals surface area contributed by atoms with E-state index >= 15 is 0 Å². The summed E-state index contributed by atoms with van der Waals surface area (Å²) in [7, 11) is 0. The molecule has 0 aliphatic heterocycles. The van der Waals surface area contributed by atoms with Crippen LogP contribution in [0.3, 0.4) is 0 Å². The molecule has 4 N–H and O–H groups in total. The van der Waals surface area contributed by atoms with Crippen molar-refractivity contribution in [3.63, 3.8) is 0 Å². The van der Waals surface area contributed by atoms with Gasteiger partial charge in [-0.1, -0.05) is 73.9 Å². The lowest BCUT2D eigenvalue weighted by Gasteiger charge is -2.34. The molecular formula is C29H40N4O3S. The first-order chi connectivity index (χ1) is 18.0. The van der Waals surface area contributed by atoms with Crippen LogP contribution in [-0.2, 0) is 11.2 Å². The van der Waals surface area contributed by atoms with Gasteiger partial charge < -0.3 is 25.6 Å². The van der Waals surface area contributed by atoms with Crippen LogP contribution in [0.1, 0.15) is 62.5 Å². The van der Waals surface area contributed by atoms with E-state index in [0.29, 0.717) is 37.0 Å². The number of aromatic hydroxyl groups is 1. The molecule has 200 valence electrons. The van der Waals surface area contributed by atoms with Crippen molar-refractivity contribution in [1.82, 2.24) is 20.5 Å². The smallest absolute Gasteiger partial charge is 0.305 e. The molecule has 3 aromatic rings. The van der Waals surface area contributed by atoms with Crippen LogP contribution >= 0.6 is 11.3 Å². The molecule has 0 spiro atoms. The van der Waals surface area contributed by atoms with Crippen LogP contribution in [0.15, 0.2) is 47.3 Å². The Labute approximate surface area is 223 Å². The maximum Gasteiger partial charge on any atom is 0.305 e. The third-order valence-corrected chi connectivity index (χ3v) is 8.37. The number of aromatic amines is 1. The normalized spacial score (nSPS) is 15.2. The van der Waals surface area contributed by atoms with Crippen molar-refractivity contribution in [3.05, 3.63) is 63.3 Å². The van der Waals surface area contributed by atoms with E-state index in [0.717, 1.165) is 60.5 Å². The number of thiazole rings is 1. The average Bonchev–Trinajstić information content (AvgIpc) is 3.33. The molecule has 0 saturated heterocycles. The van der Waals surface area contributed by atoms with Gasteiger partial charge in [0.2, 0.25) is 5.91 Å². The molecule has 0 radical (unpaired) electrons. The zero-order valence-corrected chi connectivity index (χ0v) is 22.6. The number of carbonyl (C=O) groups is 1. The fourth-order valence-corrected chi connectivity index (χ4v) is 6.18. The molecule has 8 heteroatoms. The van der Waals surface area contributed by atoms with Crippen molar-refractivity contribution >= 4 is 27.5 Å². The number of nitrogens with one attached hydrogen (secondary N) is 3. The molecule has 1 amide bonds. The maximum absolute atomic E-state index is 13.2. The van der Waals surface area contributed by atoms with Gasteiger partial charge in [0.05, 0.1) is 4.70 Å². The number of aromatic nitrogens is 1. The van der Waals surface area contributed by atoms with Crippen LogP contribution in [0, 0.1) is 0 Å². The number of nitrogens with zero attached hydrogens (tertiary/aromatic N) is 1. The number of phenolic OH excluding ortho intramolecular Hbond substituents is 1. The van der Waals surface area contributed by atoms with E-state index in [2.05, 4.69) is 51.7 Å². The highest BCUT2D eigenvalue weighted by molar-refractivity contribution is 7.16. The molecule has 1 aliphatic carbocycles. The number of benzene rings is 2.